The second-order valence-corrected chi connectivity index (χ2v) is 3.73. The first kappa shape index (κ1) is 13.1. The normalized spacial score (nSPS) is 9.80. The van der Waals surface area contributed by atoms with Crippen molar-refractivity contribution in [3.63, 3.8) is 0 Å². The minimum absolute atomic E-state index is 0. The zero-order chi connectivity index (χ0) is 10.1. The summed E-state index contributed by atoms with van der Waals surface area (Å²) in [5.74, 6) is 0. The zero-order valence-corrected chi connectivity index (χ0v) is 9.13. The van der Waals surface area contributed by atoms with Gasteiger partial charge in [-0.15, -0.1) is 12.6 Å². The second kappa shape index (κ2) is 5.37. The third-order valence-corrected chi connectivity index (χ3v) is 2.71. The monoisotopic (exact) mass is 249 g/mol. The van der Waals surface area contributed by atoms with Crippen molar-refractivity contribution in [2.45, 2.75) is 4.90 Å². The number of hydrogen-bond donors (Lipinski definition) is 1. The number of rotatable bonds is 1. The van der Waals surface area contributed by atoms with E-state index in [2.05, 4.69) is 22.7 Å². The maximum absolute atomic E-state index is 6.05. The SMILES string of the molecule is Cn1ccc(-c2nccc(S)c2Cl)n1.[NaH]. The van der Waals surface area contributed by atoms with Crippen LogP contribution in [0.1, 0.15) is 0 Å². The average Bonchev–Trinajstić information content (AvgIpc) is 2.57. The molecule has 0 radical (unpaired) electrons. The van der Waals surface area contributed by atoms with E-state index in [1.807, 2.05) is 19.3 Å². The molecule has 0 aromatic carbocycles. The van der Waals surface area contributed by atoms with E-state index in [1.54, 1.807) is 16.9 Å². The van der Waals surface area contributed by atoms with Crippen molar-refractivity contribution in [1.29, 1.82) is 0 Å². The Morgan fingerprint density at radius 1 is 1.40 bits per heavy atom. The average molecular weight is 250 g/mol. The molecular weight excluding hydrogens is 241 g/mol. The van der Waals surface area contributed by atoms with E-state index >= 15 is 0 Å². The molecule has 0 aliphatic heterocycles. The zero-order valence-electron chi connectivity index (χ0n) is 7.48. The fourth-order valence-corrected chi connectivity index (χ4v) is 1.53. The summed E-state index contributed by atoms with van der Waals surface area (Å²) < 4.78 is 1.71. The minimum atomic E-state index is 0. The van der Waals surface area contributed by atoms with Crippen molar-refractivity contribution in [3.8, 4) is 11.4 Å². The van der Waals surface area contributed by atoms with Gasteiger partial charge in [0.25, 0.3) is 0 Å². The van der Waals surface area contributed by atoms with Crippen molar-refractivity contribution in [3.05, 3.63) is 29.5 Å². The number of pyridine rings is 1. The van der Waals surface area contributed by atoms with Crippen LogP contribution in [-0.2, 0) is 7.05 Å². The van der Waals surface area contributed by atoms with E-state index in [9.17, 15) is 0 Å². The number of nitrogens with zero attached hydrogens (tertiary/aromatic N) is 3. The van der Waals surface area contributed by atoms with Gasteiger partial charge in [-0.05, 0) is 12.1 Å². The van der Waals surface area contributed by atoms with Crippen LogP contribution >= 0.6 is 24.2 Å². The number of aryl methyl sites for hydroxylation is 1. The van der Waals surface area contributed by atoms with Crippen LogP contribution in [0.3, 0.4) is 0 Å². The molecule has 0 saturated carbocycles. The summed E-state index contributed by atoms with van der Waals surface area (Å²) in [4.78, 5) is 4.88. The predicted molar refractivity (Wildman–Crippen MR) is 65.9 cm³/mol. The molecule has 2 heterocycles. The third-order valence-electron chi connectivity index (χ3n) is 1.83. The molecule has 0 atom stereocenters. The van der Waals surface area contributed by atoms with Crippen molar-refractivity contribution < 1.29 is 0 Å². The van der Waals surface area contributed by atoms with E-state index in [0.29, 0.717) is 15.6 Å². The molecule has 0 amide bonds. The third kappa shape index (κ3) is 2.77. The summed E-state index contributed by atoms with van der Waals surface area (Å²) in [6, 6.07) is 3.61. The van der Waals surface area contributed by atoms with Gasteiger partial charge >= 0.3 is 29.6 Å². The van der Waals surface area contributed by atoms with E-state index in [-0.39, 0.29) is 29.6 Å². The van der Waals surface area contributed by atoms with Gasteiger partial charge in [0, 0.05) is 24.3 Å². The van der Waals surface area contributed by atoms with Crippen LogP contribution in [0.4, 0.5) is 0 Å². The van der Waals surface area contributed by atoms with Gasteiger partial charge < -0.3 is 0 Å². The Kier molecular flexibility index (Phi) is 4.67. The molecule has 2 aromatic heterocycles. The Labute approximate surface area is 121 Å². The van der Waals surface area contributed by atoms with Crippen LogP contribution in [0.25, 0.3) is 11.4 Å². The molecular formula is C9H9ClN3NaS. The summed E-state index contributed by atoms with van der Waals surface area (Å²) >= 11 is 10.3. The molecule has 0 aliphatic carbocycles. The predicted octanol–water partition coefficient (Wildman–Crippen LogP) is 1.78. The quantitative estimate of drug-likeness (QED) is 0.617. The molecule has 6 heteroatoms. The number of thiol groups is 1. The summed E-state index contributed by atoms with van der Waals surface area (Å²) in [6.07, 6.45) is 3.51. The Morgan fingerprint density at radius 3 is 2.73 bits per heavy atom. The van der Waals surface area contributed by atoms with Crippen LogP contribution in [0.2, 0.25) is 5.02 Å². The first-order valence-corrected chi connectivity index (χ1v) is 4.84. The van der Waals surface area contributed by atoms with Gasteiger partial charge in [-0.25, -0.2) is 0 Å². The van der Waals surface area contributed by atoms with Crippen LogP contribution < -0.4 is 0 Å². The van der Waals surface area contributed by atoms with Gasteiger partial charge in [-0.1, -0.05) is 11.6 Å². The first-order valence-electron chi connectivity index (χ1n) is 4.02. The fraction of sp³-hybridized carbons (Fsp3) is 0.111. The number of aromatic nitrogens is 3. The molecule has 3 nitrogen and oxygen atoms in total. The molecule has 0 N–H and O–H groups in total. The number of halogens is 1. The maximum atomic E-state index is 6.05. The van der Waals surface area contributed by atoms with Crippen molar-refractivity contribution >= 4 is 53.8 Å². The van der Waals surface area contributed by atoms with Gasteiger partial charge in [-0.3, -0.25) is 9.67 Å². The van der Waals surface area contributed by atoms with Gasteiger partial charge in [-0.2, -0.15) is 5.10 Å². The standard InChI is InChI=1S/C9H8ClN3S.Na.H/c1-13-5-3-6(12-13)9-8(10)7(14)2-4-11-9;;/h2-5H,1H3,(H,11,14);;. The van der Waals surface area contributed by atoms with Crippen LogP contribution in [0.5, 0.6) is 0 Å². The first-order chi connectivity index (χ1) is 6.68. The molecule has 0 saturated heterocycles. The fourth-order valence-electron chi connectivity index (χ4n) is 1.15. The van der Waals surface area contributed by atoms with E-state index in [1.165, 1.54) is 0 Å². The molecule has 0 aliphatic rings. The van der Waals surface area contributed by atoms with Crippen LogP contribution in [0, 0.1) is 0 Å². The summed E-state index contributed by atoms with van der Waals surface area (Å²) in [6.45, 7) is 0. The van der Waals surface area contributed by atoms with Crippen molar-refractivity contribution in [2.75, 3.05) is 0 Å². The van der Waals surface area contributed by atoms with E-state index < -0.39 is 0 Å². The molecule has 0 bridgehead atoms. The van der Waals surface area contributed by atoms with Gasteiger partial charge in [0.2, 0.25) is 0 Å². The van der Waals surface area contributed by atoms with Crippen LogP contribution in [0.15, 0.2) is 29.4 Å². The summed E-state index contributed by atoms with van der Waals surface area (Å²) in [5, 5.41) is 4.76. The molecule has 0 unspecified atom stereocenters. The topological polar surface area (TPSA) is 30.7 Å². The Hall–Kier alpha value is 0. The number of hydrogen-bond acceptors (Lipinski definition) is 3. The van der Waals surface area contributed by atoms with E-state index in [0.717, 1.165) is 5.69 Å². The molecule has 2 rings (SSSR count). The molecule has 2 aromatic rings. The molecule has 0 fully saturated rings. The van der Waals surface area contributed by atoms with Gasteiger partial charge in [0.05, 0.1) is 5.02 Å². The molecule has 0 spiro atoms. The molecule has 15 heavy (non-hydrogen) atoms. The van der Waals surface area contributed by atoms with Gasteiger partial charge in [0.1, 0.15) is 11.4 Å². The Bertz CT molecular complexity index is 472. The van der Waals surface area contributed by atoms with Gasteiger partial charge in [0.15, 0.2) is 0 Å². The molecule has 74 valence electrons. The van der Waals surface area contributed by atoms with E-state index in [4.69, 9.17) is 11.6 Å². The van der Waals surface area contributed by atoms with Crippen molar-refractivity contribution in [1.82, 2.24) is 14.8 Å². The Morgan fingerprint density at radius 2 is 2.13 bits per heavy atom. The van der Waals surface area contributed by atoms with Crippen LogP contribution in [-0.4, -0.2) is 44.3 Å². The summed E-state index contributed by atoms with van der Waals surface area (Å²) in [7, 11) is 1.85. The second-order valence-electron chi connectivity index (χ2n) is 2.87. The summed E-state index contributed by atoms with van der Waals surface area (Å²) in [5.41, 5.74) is 1.42. The van der Waals surface area contributed by atoms with Crippen molar-refractivity contribution in [2.24, 2.45) is 7.05 Å². The Balaban J connectivity index is 0.00000112.